The van der Waals surface area contributed by atoms with E-state index in [2.05, 4.69) is 195 Å². The molecule has 0 saturated carbocycles. The van der Waals surface area contributed by atoms with Gasteiger partial charge >= 0.3 is 0 Å². The standard InChI is InChI=1S/C23H26N4O2.C22H23FN4O.C22H24N4O2.2C21H23N5O/c1-14-20(15(2)29-26-14)16-10-11-17(18(13-16)28-6)21-22(25-23(3,4)5)27-12-8-7-9-19(27)24-21;1-13-19(14(2)28-26-13)16-10-9-15(12-17(16)23)20-21(25-22(3,4)5)27-11-7-6-8-18(27)24-20;1-13(2)23-22-21(24-19-8-6-7-11-26(19)22)17-10-9-16(12-18(17)27-5)20-14(3)25-28-15(20)4;1-13-18(14(2)27-25-13)16-10-9-15(12-22-16)19-20(24-21(3,4)5)26-11-7-6-8-17(26)23-19;1-13-18(14(2)27-25-13)15-9-10-16(22-12-15)19-20(24-21(3,4)5)26-11-7-6-8-17(26)23-19/h7-13,25H,1-6H3;6-12,25H,1-5H3;6-13,23H,1-5H3;2*6-12,24H,1-5H3. The van der Waals surface area contributed by atoms with Crippen molar-refractivity contribution in [2.75, 3.05) is 40.8 Å². The molecule has 0 fully saturated rings. The van der Waals surface area contributed by atoms with E-state index in [1.165, 1.54) is 6.07 Å². The van der Waals surface area contributed by atoms with Gasteiger partial charge in [-0.25, -0.2) is 29.3 Å². The van der Waals surface area contributed by atoms with Crippen LogP contribution in [0.5, 0.6) is 11.5 Å². The van der Waals surface area contributed by atoms with E-state index >= 15 is 4.39 Å². The molecule has 0 aliphatic rings. The molecule has 0 bridgehead atoms. The van der Waals surface area contributed by atoms with Crippen LogP contribution in [0.25, 0.3) is 140 Å². The molecular formula is C109H119FN22O7. The largest absolute Gasteiger partial charge is 0.496 e. The maximum Gasteiger partial charge on any atom is 0.143 e. The number of pyridine rings is 7. The highest BCUT2D eigenvalue weighted by Crippen LogP contribution is 2.45. The van der Waals surface area contributed by atoms with Gasteiger partial charge in [0.2, 0.25) is 0 Å². The van der Waals surface area contributed by atoms with Crippen LogP contribution >= 0.6 is 0 Å². The lowest BCUT2D eigenvalue weighted by Crippen LogP contribution is -2.27. The number of aryl methyl sites for hydroxylation is 10. The lowest BCUT2D eigenvalue weighted by molar-refractivity contribution is 0.393. The van der Waals surface area contributed by atoms with Crippen LogP contribution in [-0.2, 0) is 0 Å². The van der Waals surface area contributed by atoms with Gasteiger partial charge in [-0.1, -0.05) is 86.4 Å². The molecule has 30 heteroatoms. The summed E-state index contributed by atoms with van der Waals surface area (Å²) in [6.45, 7) is 48.7. The Balaban J connectivity index is 0.000000125. The molecule has 20 rings (SSSR count). The van der Waals surface area contributed by atoms with Gasteiger partial charge in [-0.3, -0.25) is 32.0 Å². The molecule has 17 heterocycles. The first kappa shape index (κ1) is 96.1. The Kier molecular flexibility index (Phi) is 27.0. The van der Waals surface area contributed by atoms with Crippen LogP contribution in [0, 0.1) is 75.1 Å². The number of nitrogens with zero attached hydrogens (tertiary/aromatic N) is 17. The summed E-state index contributed by atoms with van der Waals surface area (Å²) in [5.41, 5.74) is 25.5. The normalized spacial score (nSPS) is 11.8. The molecule has 5 N–H and O–H groups in total. The summed E-state index contributed by atoms with van der Waals surface area (Å²) in [4.78, 5) is 33.5. The number of rotatable bonds is 18. The second-order valence-electron chi connectivity index (χ2n) is 38.9. The molecule has 0 radical (unpaired) electrons. The molecule has 0 amide bonds. The van der Waals surface area contributed by atoms with Gasteiger partial charge in [-0.05, 0) is 286 Å². The number of nitrogens with one attached hydrogen (secondary N) is 5. The predicted molar refractivity (Wildman–Crippen MR) is 549 cm³/mol. The van der Waals surface area contributed by atoms with E-state index in [9.17, 15) is 0 Å². The zero-order valence-electron chi connectivity index (χ0n) is 83.6. The number of halogens is 1. The Morgan fingerprint density at radius 3 is 0.942 bits per heavy atom. The minimum absolute atomic E-state index is 0.0926. The van der Waals surface area contributed by atoms with E-state index < -0.39 is 0 Å². The first-order valence-corrected chi connectivity index (χ1v) is 46.2. The molecule has 714 valence electrons. The van der Waals surface area contributed by atoms with E-state index in [4.69, 9.17) is 57.0 Å². The van der Waals surface area contributed by atoms with Gasteiger partial charge in [0.05, 0.1) is 65.2 Å². The highest BCUT2D eigenvalue weighted by Gasteiger charge is 2.30. The first-order chi connectivity index (χ1) is 66.2. The molecule has 139 heavy (non-hydrogen) atoms. The van der Waals surface area contributed by atoms with Gasteiger partial charge in [0, 0.05) is 122 Å². The third-order valence-corrected chi connectivity index (χ3v) is 22.8. The Hall–Kier alpha value is -16.0. The highest BCUT2D eigenvalue weighted by molar-refractivity contribution is 5.87. The average molecular weight is 1870 g/mol. The number of hydrogen-bond donors (Lipinski definition) is 5. The molecule has 3 aromatic carbocycles. The Morgan fingerprint density at radius 1 is 0.302 bits per heavy atom. The second-order valence-corrected chi connectivity index (χ2v) is 38.9. The van der Waals surface area contributed by atoms with Crippen molar-refractivity contribution in [3.05, 3.63) is 276 Å². The predicted octanol–water partition coefficient (Wildman–Crippen LogP) is 26.0. The fourth-order valence-corrected chi connectivity index (χ4v) is 17.0. The number of anilines is 5. The summed E-state index contributed by atoms with van der Waals surface area (Å²) >= 11 is 0. The minimum atomic E-state index is -0.328. The lowest BCUT2D eigenvalue weighted by atomic mass is 10.00. The van der Waals surface area contributed by atoms with E-state index in [1.807, 2.05) is 250 Å². The summed E-state index contributed by atoms with van der Waals surface area (Å²) in [5.74, 6) is 9.58. The molecule has 0 unspecified atom stereocenters. The molecule has 0 atom stereocenters. The van der Waals surface area contributed by atoms with Gasteiger partial charge in [0.15, 0.2) is 0 Å². The van der Waals surface area contributed by atoms with Gasteiger partial charge in [0.25, 0.3) is 0 Å². The van der Waals surface area contributed by atoms with Gasteiger partial charge in [0.1, 0.15) is 132 Å². The fraction of sp³-hybridized carbons (Fsp3) is 0.284. The van der Waals surface area contributed by atoms with Crippen molar-refractivity contribution in [1.82, 2.24) is 82.7 Å². The first-order valence-electron chi connectivity index (χ1n) is 46.2. The van der Waals surface area contributed by atoms with Crippen LogP contribution < -0.4 is 36.1 Å². The van der Waals surface area contributed by atoms with Crippen molar-refractivity contribution in [2.45, 2.75) is 194 Å². The molecule has 17 aromatic heterocycles. The van der Waals surface area contributed by atoms with Crippen LogP contribution in [0.1, 0.15) is 154 Å². The van der Waals surface area contributed by atoms with Crippen LogP contribution in [0.15, 0.2) is 236 Å². The molecule has 0 saturated heterocycles. The summed E-state index contributed by atoms with van der Waals surface area (Å²) in [6.07, 6.45) is 13.7. The quantitative estimate of drug-likeness (QED) is 0.0533. The Bertz CT molecular complexity index is 7540. The van der Waals surface area contributed by atoms with E-state index in [1.54, 1.807) is 27.2 Å². The Morgan fingerprint density at radius 2 is 0.597 bits per heavy atom. The van der Waals surface area contributed by atoms with Gasteiger partial charge < -0.3 is 58.7 Å². The van der Waals surface area contributed by atoms with Crippen LogP contribution in [0.2, 0.25) is 0 Å². The third-order valence-electron chi connectivity index (χ3n) is 22.8. The van der Waals surface area contributed by atoms with Crippen molar-refractivity contribution in [3.63, 3.8) is 0 Å². The summed E-state index contributed by atoms with van der Waals surface area (Å²) in [6, 6.07) is 55.6. The number of hydrogen-bond acceptors (Lipinski definition) is 24. The van der Waals surface area contributed by atoms with E-state index in [0.29, 0.717) is 33.8 Å². The van der Waals surface area contributed by atoms with Crippen LogP contribution in [-0.4, -0.2) is 125 Å². The minimum Gasteiger partial charge on any atom is -0.496 e. The number of aromatic nitrogens is 17. The maximum atomic E-state index is 15.1. The highest BCUT2D eigenvalue weighted by atomic mass is 19.1. The smallest absolute Gasteiger partial charge is 0.143 e. The number of benzene rings is 3. The summed E-state index contributed by atoms with van der Waals surface area (Å²) < 4.78 is 63.2. The van der Waals surface area contributed by atoms with Crippen molar-refractivity contribution in [1.29, 1.82) is 0 Å². The Labute approximate surface area is 807 Å². The van der Waals surface area contributed by atoms with Crippen LogP contribution in [0.4, 0.5) is 33.5 Å². The average Bonchev–Trinajstić information content (AvgIpc) is 1.66. The molecule has 0 aliphatic heterocycles. The molecule has 0 aliphatic carbocycles. The fourth-order valence-electron chi connectivity index (χ4n) is 17.0. The molecule has 0 spiro atoms. The van der Waals surface area contributed by atoms with Gasteiger partial charge in [-0.15, -0.1) is 0 Å². The van der Waals surface area contributed by atoms with E-state index in [-0.39, 0.29) is 34.0 Å². The second kappa shape index (κ2) is 39.0. The van der Waals surface area contributed by atoms with Crippen LogP contribution in [0.3, 0.4) is 0 Å². The van der Waals surface area contributed by atoms with Crippen molar-refractivity contribution >= 4 is 57.3 Å². The number of ether oxygens (including phenoxy) is 2. The molecule has 29 nitrogen and oxygen atoms in total. The summed E-state index contributed by atoms with van der Waals surface area (Å²) in [5, 5.41) is 37.9. The number of methoxy groups -OCH3 is 2. The third kappa shape index (κ3) is 20.7. The SMILES string of the molecule is COc1cc(-c2c(C)noc2C)ccc1-c1nc2ccccn2c1NC(C)(C)C.COc1cc(-c2c(C)noc2C)ccc1-c1nc2ccccn2c1NC(C)C.Cc1noc(C)c1-c1ccc(-c2nc3ccccn3c2NC(C)(C)C)cc1F.Cc1noc(C)c1-c1ccc(-c2nc3ccccn3c2NC(C)(C)C)cn1.Cc1noc(C)c1-c1ccc(-c2nc3ccccn3c2NC(C)(C)C)nc1. The lowest BCUT2D eigenvalue weighted by Gasteiger charge is -2.23. The van der Waals surface area contributed by atoms with Crippen molar-refractivity contribution in [3.8, 4) is 124 Å². The number of fused-ring (bicyclic) bond motifs is 5. The summed E-state index contributed by atoms with van der Waals surface area (Å²) in [7, 11) is 3.36. The van der Waals surface area contributed by atoms with Crippen molar-refractivity contribution in [2.24, 2.45) is 0 Å². The molecular weight excluding hydrogens is 1750 g/mol. The van der Waals surface area contributed by atoms with E-state index in [0.717, 1.165) is 204 Å². The maximum absolute atomic E-state index is 15.1. The van der Waals surface area contributed by atoms with Gasteiger partial charge in [-0.2, -0.15) is 0 Å². The zero-order chi connectivity index (χ0) is 99.0. The molecule has 20 aromatic rings. The monoisotopic (exact) mass is 1870 g/mol. The number of imidazole rings is 5. The van der Waals surface area contributed by atoms with Crippen molar-refractivity contribution < 1.29 is 36.5 Å². The zero-order valence-corrected chi connectivity index (χ0v) is 83.6. The topological polar surface area (TPSA) is 321 Å².